The van der Waals surface area contributed by atoms with Gasteiger partial charge in [-0.2, -0.15) is 0 Å². The number of nitrogen functional groups attached to an aromatic ring is 1. The Hall–Kier alpha value is -1.82. The van der Waals surface area contributed by atoms with Crippen molar-refractivity contribution in [2.75, 3.05) is 5.73 Å². The van der Waals surface area contributed by atoms with Gasteiger partial charge in [0.15, 0.2) is 0 Å². The fraction of sp³-hybridized carbons (Fsp3) is 0.200. The molecule has 0 saturated heterocycles. The first-order valence-electron chi connectivity index (χ1n) is 4.70. The van der Waals surface area contributed by atoms with Crippen molar-refractivity contribution in [2.45, 2.75) is 13.5 Å². The normalized spacial score (nSPS) is 10.3. The van der Waals surface area contributed by atoms with E-state index in [9.17, 15) is 4.79 Å². The summed E-state index contributed by atoms with van der Waals surface area (Å²) in [5.74, 6) is -0.146. The molecule has 2 rings (SSSR count). The summed E-state index contributed by atoms with van der Waals surface area (Å²) < 4.78 is 4.66. The van der Waals surface area contributed by atoms with E-state index in [4.69, 9.17) is 5.73 Å². The van der Waals surface area contributed by atoms with Crippen molar-refractivity contribution in [1.82, 2.24) is 10.5 Å². The van der Waals surface area contributed by atoms with Crippen LogP contribution in [0.1, 0.15) is 20.2 Å². The number of hydrogen-bond donors (Lipinski definition) is 2. The summed E-state index contributed by atoms with van der Waals surface area (Å²) in [5.41, 5.74) is 7.01. The molecule has 3 N–H and O–H groups in total. The maximum absolute atomic E-state index is 11.7. The molecule has 5 nitrogen and oxygen atoms in total. The second-order valence-electron chi connectivity index (χ2n) is 3.30. The second-order valence-corrected chi connectivity index (χ2v) is 4.55. The fourth-order valence-corrected chi connectivity index (χ4v) is 2.05. The molecular weight excluding hydrogens is 226 g/mol. The van der Waals surface area contributed by atoms with Crippen molar-refractivity contribution < 1.29 is 9.32 Å². The van der Waals surface area contributed by atoms with E-state index in [0.717, 1.165) is 4.88 Å². The number of carbonyl (C=O) groups excluding carboxylic acids is 1. The minimum absolute atomic E-state index is 0.146. The first-order chi connectivity index (χ1) is 7.66. The van der Waals surface area contributed by atoms with Crippen LogP contribution in [-0.2, 0) is 6.54 Å². The summed E-state index contributed by atoms with van der Waals surface area (Å²) in [6.45, 7) is 2.24. The highest BCUT2D eigenvalue weighted by Gasteiger charge is 2.10. The lowest BCUT2D eigenvalue weighted by Gasteiger charge is -1.99. The molecule has 0 aliphatic heterocycles. The summed E-state index contributed by atoms with van der Waals surface area (Å²) in [5, 5.41) is 6.43. The number of aryl methyl sites for hydroxylation is 1. The van der Waals surface area contributed by atoms with Gasteiger partial charge in [0.25, 0.3) is 5.91 Å². The van der Waals surface area contributed by atoms with Crippen molar-refractivity contribution in [2.24, 2.45) is 0 Å². The Morgan fingerprint density at radius 1 is 1.69 bits per heavy atom. The lowest BCUT2D eigenvalue weighted by atomic mass is 10.3. The van der Waals surface area contributed by atoms with Crippen LogP contribution in [-0.4, -0.2) is 11.1 Å². The predicted molar refractivity (Wildman–Crippen MR) is 61.1 cm³/mol. The standard InChI is InChI=1S/C10H11N3O2S/c1-6-8(11)4-9(16-6)10(14)12-5-7-2-3-15-13-7/h2-4H,5,11H2,1H3,(H,12,14). The van der Waals surface area contributed by atoms with Crippen LogP contribution in [0.4, 0.5) is 5.69 Å². The Morgan fingerprint density at radius 2 is 2.50 bits per heavy atom. The van der Waals surface area contributed by atoms with Gasteiger partial charge < -0.3 is 15.6 Å². The van der Waals surface area contributed by atoms with Gasteiger partial charge in [0.05, 0.1) is 11.4 Å². The molecule has 2 aromatic heterocycles. The SMILES string of the molecule is Cc1sc(C(=O)NCc2ccon2)cc1N. The summed E-state index contributed by atoms with van der Waals surface area (Å²) in [7, 11) is 0. The van der Waals surface area contributed by atoms with Gasteiger partial charge in [-0.05, 0) is 13.0 Å². The fourth-order valence-electron chi connectivity index (χ4n) is 1.19. The van der Waals surface area contributed by atoms with Crippen molar-refractivity contribution in [1.29, 1.82) is 0 Å². The van der Waals surface area contributed by atoms with E-state index in [1.165, 1.54) is 17.6 Å². The van der Waals surface area contributed by atoms with Crippen LogP contribution in [0.2, 0.25) is 0 Å². The highest BCUT2D eigenvalue weighted by molar-refractivity contribution is 7.14. The highest BCUT2D eigenvalue weighted by atomic mass is 32.1. The van der Waals surface area contributed by atoms with Crippen LogP contribution in [0.25, 0.3) is 0 Å². The van der Waals surface area contributed by atoms with Crippen LogP contribution >= 0.6 is 11.3 Å². The molecule has 0 atom stereocenters. The zero-order chi connectivity index (χ0) is 11.5. The third kappa shape index (κ3) is 2.22. The largest absolute Gasteiger partial charge is 0.398 e. The first kappa shape index (κ1) is 10.7. The van der Waals surface area contributed by atoms with Gasteiger partial charge >= 0.3 is 0 Å². The molecule has 2 heterocycles. The van der Waals surface area contributed by atoms with Gasteiger partial charge in [-0.1, -0.05) is 5.16 Å². The van der Waals surface area contributed by atoms with Gasteiger partial charge in [0, 0.05) is 16.6 Å². The smallest absolute Gasteiger partial charge is 0.261 e. The summed E-state index contributed by atoms with van der Waals surface area (Å²) in [6, 6.07) is 3.38. The van der Waals surface area contributed by atoms with Crippen molar-refractivity contribution in [3.05, 3.63) is 33.8 Å². The van der Waals surface area contributed by atoms with Crippen LogP contribution < -0.4 is 11.1 Å². The number of nitrogens with two attached hydrogens (primary N) is 1. The van der Waals surface area contributed by atoms with Gasteiger partial charge in [0.1, 0.15) is 12.0 Å². The maximum Gasteiger partial charge on any atom is 0.261 e. The average molecular weight is 237 g/mol. The number of nitrogens with one attached hydrogen (secondary N) is 1. The third-order valence-corrected chi connectivity index (χ3v) is 3.17. The summed E-state index contributed by atoms with van der Waals surface area (Å²) in [4.78, 5) is 13.3. The van der Waals surface area contributed by atoms with E-state index in [0.29, 0.717) is 22.8 Å². The average Bonchev–Trinajstić information content (AvgIpc) is 2.86. The molecule has 0 aromatic carbocycles. The zero-order valence-electron chi connectivity index (χ0n) is 8.69. The number of anilines is 1. The molecular formula is C10H11N3O2S. The predicted octanol–water partition coefficient (Wildman–Crippen LogP) is 1.56. The topological polar surface area (TPSA) is 81.2 Å². The Kier molecular flexibility index (Phi) is 2.91. The quantitative estimate of drug-likeness (QED) is 0.848. The number of hydrogen-bond acceptors (Lipinski definition) is 5. The summed E-state index contributed by atoms with van der Waals surface area (Å²) >= 11 is 1.38. The molecule has 84 valence electrons. The molecule has 6 heteroatoms. The van der Waals surface area contributed by atoms with E-state index >= 15 is 0 Å². The Labute approximate surface area is 96.2 Å². The molecule has 0 spiro atoms. The van der Waals surface area contributed by atoms with Crippen molar-refractivity contribution >= 4 is 22.9 Å². The third-order valence-electron chi connectivity index (χ3n) is 2.10. The number of rotatable bonds is 3. The molecule has 1 amide bonds. The van der Waals surface area contributed by atoms with Gasteiger partial charge in [-0.15, -0.1) is 11.3 Å². The number of nitrogens with zero attached hydrogens (tertiary/aromatic N) is 1. The van der Waals surface area contributed by atoms with Crippen LogP contribution in [0, 0.1) is 6.92 Å². The molecule has 0 aliphatic rings. The van der Waals surface area contributed by atoms with Crippen molar-refractivity contribution in [3.8, 4) is 0 Å². The minimum atomic E-state index is -0.146. The van der Waals surface area contributed by atoms with Crippen LogP contribution in [0.5, 0.6) is 0 Å². The molecule has 2 aromatic rings. The van der Waals surface area contributed by atoms with E-state index in [1.54, 1.807) is 12.1 Å². The van der Waals surface area contributed by atoms with E-state index < -0.39 is 0 Å². The highest BCUT2D eigenvalue weighted by Crippen LogP contribution is 2.23. The molecule has 0 unspecified atom stereocenters. The van der Waals surface area contributed by atoms with Crippen LogP contribution in [0.15, 0.2) is 22.9 Å². The van der Waals surface area contributed by atoms with E-state index in [2.05, 4.69) is 15.0 Å². The van der Waals surface area contributed by atoms with Gasteiger partial charge in [-0.25, -0.2) is 0 Å². The number of aromatic nitrogens is 1. The lowest BCUT2D eigenvalue weighted by molar-refractivity contribution is 0.0954. The Balaban J connectivity index is 1.98. The number of amides is 1. The molecule has 0 fully saturated rings. The van der Waals surface area contributed by atoms with Crippen molar-refractivity contribution in [3.63, 3.8) is 0 Å². The van der Waals surface area contributed by atoms with Crippen LogP contribution in [0.3, 0.4) is 0 Å². The monoisotopic (exact) mass is 237 g/mol. The van der Waals surface area contributed by atoms with Gasteiger partial charge in [0.2, 0.25) is 0 Å². The Bertz CT molecular complexity index is 471. The zero-order valence-corrected chi connectivity index (χ0v) is 9.50. The van der Waals surface area contributed by atoms with Gasteiger partial charge in [-0.3, -0.25) is 4.79 Å². The molecule has 0 aliphatic carbocycles. The first-order valence-corrected chi connectivity index (χ1v) is 5.52. The second kappa shape index (κ2) is 4.36. The lowest BCUT2D eigenvalue weighted by Crippen LogP contribution is -2.21. The molecule has 0 bridgehead atoms. The molecule has 0 saturated carbocycles. The van der Waals surface area contributed by atoms with E-state index in [-0.39, 0.29) is 5.91 Å². The molecule has 16 heavy (non-hydrogen) atoms. The molecule has 0 radical (unpaired) electrons. The Morgan fingerprint density at radius 3 is 3.06 bits per heavy atom. The number of thiophene rings is 1. The minimum Gasteiger partial charge on any atom is -0.398 e. The summed E-state index contributed by atoms with van der Waals surface area (Å²) in [6.07, 6.45) is 1.47. The maximum atomic E-state index is 11.7. The van der Waals surface area contributed by atoms with E-state index in [1.807, 2.05) is 6.92 Å². The number of carbonyl (C=O) groups is 1.